The number of aryl methyl sites for hydroxylation is 1. The molecule has 2 heterocycles. The van der Waals surface area contributed by atoms with Crippen molar-refractivity contribution in [2.75, 3.05) is 13.1 Å². The van der Waals surface area contributed by atoms with Gasteiger partial charge in [-0.25, -0.2) is 8.42 Å². The molecule has 0 spiro atoms. The summed E-state index contributed by atoms with van der Waals surface area (Å²) in [6.45, 7) is 4.96. The molecule has 2 rings (SSSR count). The molecule has 1 N–H and O–H groups in total. The van der Waals surface area contributed by atoms with Crippen molar-refractivity contribution in [2.45, 2.75) is 31.8 Å². The molecular formula is C11H17NO3S2. The lowest BCUT2D eigenvalue weighted by Gasteiger charge is -2.15. The second kappa shape index (κ2) is 4.68. The molecule has 4 nitrogen and oxygen atoms in total. The van der Waals surface area contributed by atoms with E-state index in [-0.39, 0.29) is 6.61 Å². The summed E-state index contributed by atoms with van der Waals surface area (Å²) in [4.78, 5) is 1.82. The number of sulfonamides is 1. The van der Waals surface area contributed by atoms with Gasteiger partial charge >= 0.3 is 0 Å². The number of aliphatic hydroxyl groups excluding tert-OH is 1. The molecule has 0 bridgehead atoms. The Morgan fingerprint density at radius 1 is 1.59 bits per heavy atom. The first-order chi connectivity index (χ1) is 7.95. The van der Waals surface area contributed by atoms with Gasteiger partial charge < -0.3 is 5.11 Å². The zero-order valence-electron chi connectivity index (χ0n) is 10.0. The Morgan fingerprint density at radius 3 is 2.76 bits per heavy atom. The minimum atomic E-state index is -3.36. The summed E-state index contributed by atoms with van der Waals surface area (Å²) in [6, 6.07) is 1.60. The maximum absolute atomic E-state index is 12.4. The molecule has 1 atom stereocenters. The molecule has 1 aliphatic heterocycles. The molecule has 1 fully saturated rings. The van der Waals surface area contributed by atoms with Gasteiger partial charge in [0.05, 0.1) is 11.5 Å². The molecular weight excluding hydrogens is 258 g/mol. The van der Waals surface area contributed by atoms with Crippen molar-refractivity contribution in [1.82, 2.24) is 4.31 Å². The van der Waals surface area contributed by atoms with E-state index in [1.807, 2.05) is 0 Å². The molecule has 1 unspecified atom stereocenters. The standard InChI is InChI=1S/C11H17NO3S2/c1-8-3-4-12(6-8)17(14,15)11-5-10(7-13)16-9(11)2/h5,8,13H,3-4,6-7H2,1-2H3. The van der Waals surface area contributed by atoms with Crippen LogP contribution in [0, 0.1) is 12.8 Å². The molecule has 1 aromatic rings. The van der Waals surface area contributed by atoms with Crippen LogP contribution in [0.25, 0.3) is 0 Å². The topological polar surface area (TPSA) is 57.6 Å². The molecule has 0 aromatic carbocycles. The average molecular weight is 275 g/mol. The van der Waals surface area contributed by atoms with E-state index in [4.69, 9.17) is 5.11 Å². The number of nitrogens with zero attached hydrogens (tertiary/aromatic N) is 1. The van der Waals surface area contributed by atoms with E-state index in [9.17, 15) is 8.42 Å². The fraction of sp³-hybridized carbons (Fsp3) is 0.636. The minimum absolute atomic E-state index is 0.0998. The zero-order valence-corrected chi connectivity index (χ0v) is 11.6. The summed E-state index contributed by atoms with van der Waals surface area (Å²) in [7, 11) is -3.36. The van der Waals surface area contributed by atoms with Crippen LogP contribution in [0.1, 0.15) is 23.1 Å². The van der Waals surface area contributed by atoms with Crippen LogP contribution in [-0.4, -0.2) is 30.9 Å². The number of rotatable bonds is 3. The zero-order chi connectivity index (χ0) is 12.6. The summed E-state index contributed by atoms with van der Waals surface area (Å²) in [5.74, 6) is 0.432. The van der Waals surface area contributed by atoms with Gasteiger partial charge in [-0.3, -0.25) is 0 Å². The van der Waals surface area contributed by atoms with E-state index < -0.39 is 10.0 Å². The Balaban J connectivity index is 2.34. The molecule has 0 aliphatic carbocycles. The largest absolute Gasteiger partial charge is 0.391 e. The van der Waals surface area contributed by atoms with Crippen molar-refractivity contribution >= 4 is 21.4 Å². The fourth-order valence-corrected chi connectivity index (χ4v) is 5.15. The molecule has 0 radical (unpaired) electrons. The highest BCUT2D eigenvalue weighted by molar-refractivity contribution is 7.89. The van der Waals surface area contributed by atoms with Gasteiger partial charge in [-0.1, -0.05) is 6.92 Å². The van der Waals surface area contributed by atoms with Gasteiger partial charge in [0.25, 0.3) is 0 Å². The number of hydrogen-bond donors (Lipinski definition) is 1. The van der Waals surface area contributed by atoms with Crippen LogP contribution in [0.15, 0.2) is 11.0 Å². The van der Waals surface area contributed by atoms with E-state index in [1.165, 1.54) is 11.3 Å². The highest BCUT2D eigenvalue weighted by atomic mass is 32.2. The highest BCUT2D eigenvalue weighted by Gasteiger charge is 2.32. The fourth-order valence-electron chi connectivity index (χ4n) is 2.11. The normalized spacial score (nSPS) is 22.2. The average Bonchev–Trinajstić information content (AvgIpc) is 2.85. The van der Waals surface area contributed by atoms with Crippen LogP contribution in [0.5, 0.6) is 0 Å². The molecule has 1 saturated heterocycles. The van der Waals surface area contributed by atoms with Gasteiger partial charge in [0, 0.05) is 22.8 Å². The number of thiophene rings is 1. The van der Waals surface area contributed by atoms with Crippen LogP contribution < -0.4 is 0 Å². The Morgan fingerprint density at radius 2 is 2.29 bits per heavy atom. The van der Waals surface area contributed by atoms with E-state index in [1.54, 1.807) is 17.3 Å². The van der Waals surface area contributed by atoms with Crippen LogP contribution >= 0.6 is 11.3 Å². The minimum Gasteiger partial charge on any atom is -0.391 e. The van der Waals surface area contributed by atoms with Crippen molar-refractivity contribution in [1.29, 1.82) is 0 Å². The lowest BCUT2D eigenvalue weighted by atomic mass is 10.2. The van der Waals surface area contributed by atoms with Gasteiger partial charge in [-0.15, -0.1) is 11.3 Å². The van der Waals surface area contributed by atoms with Crippen molar-refractivity contribution in [2.24, 2.45) is 5.92 Å². The first kappa shape index (κ1) is 13.0. The van der Waals surface area contributed by atoms with E-state index in [2.05, 4.69) is 6.92 Å². The SMILES string of the molecule is Cc1sc(CO)cc1S(=O)(=O)N1CCC(C)C1. The third-order valence-electron chi connectivity index (χ3n) is 3.08. The van der Waals surface area contributed by atoms with Gasteiger partial charge in [0.1, 0.15) is 0 Å². The molecule has 17 heavy (non-hydrogen) atoms. The third-order valence-corrected chi connectivity index (χ3v) is 6.24. The Kier molecular flexibility index (Phi) is 3.58. The lowest BCUT2D eigenvalue weighted by molar-refractivity contribution is 0.285. The van der Waals surface area contributed by atoms with Crippen LogP contribution in [0.2, 0.25) is 0 Å². The second-order valence-electron chi connectivity index (χ2n) is 4.55. The maximum atomic E-state index is 12.4. The predicted octanol–water partition coefficient (Wildman–Crippen LogP) is 1.58. The Hall–Kier alpha value is -0.430. The van der Waals surface area contributed by atoms with Crippen molar-refractivity contribution in [3.63, 3.8) is 0 Å². The summed E-state index contributed by atoms with van der Waals surface area (Å²) < 4.78 is 26.3. The van der Waals surface area contributed by atoms with E-state index in [0.717, 1.165) is 11.3 Å². The molecule has 0 saturated carbocycles. The maximum Gasteiger partial charge on any atom is 0.244 e. The summed E-state index contributed by atoms with van der Waals surface area (Å²) in [5, 5.41) is 9.05. The Labute approximate surface area is 106 Å². The predicted molar refractivity (Wildman–Crippen MR) is 67.5 cm³/mol. The van der Waals surface area contributed by atoms with Gasteiger partial charge in [0.2, 0.25) is 10.0 Å². The first-order valence-electron chi connectivity index (χ1n) is 5.65. The molecule has 0 amide bonds. The summed E-state index contributed by atoms with van der Waals surface area (Å²) >= 11 is 1.34. The molecule has 1 aromatic heterocycles. The van der Waals surface area contributed by atoms with Crippen molar-refractivity contribution in [3.8, 4) is 0 Å². The van der Waals surface area contributed by atoms with Crippen LogP contribution in [-0.2, 0) is 16.6 Å². The second-order valence-corrected chi connectivity index (χ2v) is 7.80. The van der Waals surface area contributed by atoms with Crippen molar-refractivity contribution in [3.05, 3.63) is 15.8 Å². The lowest BCUT2D eigenvalue weighted by Crippen LogP contribution is -2.28. The van der Waals surface area contributed by atoms with E-state index in [0.29, 0.717) is 28.8 Å². The number of hydrogen-bond acceptors (Lipinski definition) is 4. The molecule has 6 heteroatoms. The van der Waals surface area contributed by atoms with Gasteiger partial charge in [0.15, 0.2) is 0 Å². The summed E-state index contributed by atoms with van der Waals surface area (Å²) in [6.07, 6.45) is 0.926. The molecule has 96 valence electrons. The van der Waals surface area contributed by atoms with Crippen LogP contribution in [0.4, 0.5) is 0 Å². The monoisotopic (exact) mass is 275 g/mol. The van der Waals surface area contributed by atoms with E-state index >= 15 is 0 Å². The molecule has 1 aliphatic rings. The van der Waals surface area contributed by atoms with Crippen LogP contribution in [0.3, 0.4) is 0 Å². The third kappa shape index (κ3) is 2.40. The summed E-state index contributed by atoms with van der Waals surface area (Å²) in [5.41, 5.74) is 0. The van der Waals surface area contributed by atoms with Gasteiger partial charge in [-0.05, 0) is 25.3 Å². The highest BCUT2D eigenvalue weighted by Crippen LogP contribution is 2.30. The quantitative estimate of drug-likeness (QED) is 0.911. The Bertz CT molecular complexity index is 507. The van der Waals surface area contributed by atoms with Crippen molar-refractivity contribution < 1.29 is 13.5 Å². The number of aliphatic hydroxyl groups is 1. The first-order valence-corrected chi connectivity index (χ1v) is 7.91. The smallest absolute Gasteiger partial charge is 0.244 e. The van der Waals surface area contributed by atoms with Gasteiger partial charge in [-0.2, -0.15) is 4.31 Å².